The Morgan fingerprint density at radius 2 is 2.07 bits per heavy atom. The van der Waals surface area contributed by atoms with Crippen LogP contribution >= 0.6 is 11.6 Å². The van der Waals surface area contributed by atoms with Crippen LogP contribution in [0.3, 0.4) is 0 Å². The largest absolute Gasteiger partial charge is 0.331 e. The van der Waals surface area contributed by atoms with Crippen LogP contribution in [0.2, 0.25) is 5.02 Å². The van der Waals surface area contributed by atoms with Gasteiger partial charge < -0.3 is 9.47 Å². The van der Waals surface area contributed by atoms with E-state index < -0.39 is 5.82 Å². The summed E-state index contributed by atoms with van der Waals surface area (Å²) in [6.07, 6.45) is 3.26. The molecular weight excluding hydrogens is 377 g/mol. The number of halogens is 2. The zero-order valence-corrected chi connectivity index (χ0v) is 16.6. The lowest BCUT2D eigenvalue weighted by Gasteiger charge is -2.23. The van der Waals surface area contributed by atoms with Crippen molar-refractivity contribution in [1.82, 2.24) is 14.5 Å². The first-order chi connectivity index (χ1) is 13.6. The molecule has 3 aromatic rings. The second-order valence-electron chi connectivity index (χ2n) is 7.43. The molecule has 0 spiro atoms. The summed E-state index contributed by atoms with van der Waals surface area (Å²) in [5.41, 5.74) is 2.43. The Morgan fingerprint density at radius 3 is 2.79 bits per heavy atom. The molecule has 1 heterocycles. The molecule has 146 valence electrons. The highest BCUT2D eigenvalue weighted by molar-refractivity contribution is 6.31. The van der Waals surface area contributed by atoms with Crippen LogP contribution in [0.25, 0.3) is 11.0 Å². The van der Waals surface area contributed by atoms with Crippen molar-refractivity contribution in [2.24, 2.45) is 5.92 Å². The molecule has 1 aromatic heterocycles. The molecule has 1 aliphatic carbocycles. The fraction of sp³-hybridized carbons (Fsp3) is 0.364. The fourth-order valence-electron chi connectivity index (χ4n) is 3.53. The summed E-state index contributed by atoms with van der Waals surface area (Å²) < 4.78 is 15.7. The number of benzene rings is 2. The Labute approximate surface area is 168 Å². The van der Waals surface area contributed by atoms with Crippen molar-refractivity contribution >= 4 is 28.5 Å². The van der Waals surface area contributed by atoms with Crippen LogP contribution in [0.15, 0.2) is 42.5 Å². The predicted molar refractivity (Wildman–Crippen MR) is 109 cm³/mol. The molecule has 0 aliphatic heterocycles. The topological polar surface area (TPSA) is 38.1 Å². The second kappa shape index (κ2) is 7.92. The van der Waals surface area contributed by atoms with Gasteiger partial charge in [-0.15, -0.1) is 0 Å². The molecule has 6 heteroatoms. The highest BCUT2D eigenvalue weighted by atomic mass is 35.5. The zero-order valence-electron chi connectivity index (χ0n) is 15.9. The van der Waals surface area contributed by atoms with Crippen molar-refractivity contribution < 1.29 is 9.18 Å². The van der Waals surface area contributed by atoms with Crippen molar-refractivity contribution in [3.8, 4) is 0 Å². The van der Waals surface area contributed by atoms with E-state index in [1.165, 1.54) is 18.2 Å². The second-order valence-corrected chi connectivity index (χ2v) is 7.83. The first kappa shape index (κ1) is 18.9. The van der Waals surface area contributed by atoms with E-state index in [1.54, 1.807) is 0 Å². The molecule has 1 amide bonds. The zero-order chi connectivity index (χ0) is 19.7. The lowest BCUT2D eigenvalue weighted by Crippen LogP contribution is -2.33. The maximum absolute atomic E-state index is 13.5. The summed E-state index contributed by atoms with van der Waals surface area (Å²) in [6.45, 7) is 4.10. The Kier molecular flexibility index (Phi) is 5.36. The van der Waals surface area contributed by atoms with Crippen LogP contribution in [0, 0.1) is 11.7 Å². The Hall–Kier alpha value is -2.40. The van der Waals surface area contributed by atoms with E-state index in [9.17, 15) is 9.18 Å². The Bertz CT molecular complexity index is 1010. The summed E-state index contributed by atoms with van der Waals surface area (Å²) in [6, 6.07) is 12.2. The van der Waals surface area contributed by atoms with Crippen LogP contribution in [0.1, 0.15) is 42.4 Å². The summed E-state index contributed by atoms with van der Waals surface area (Å²) in [7, 11) is 0. The van der Waals surface area contributed by atoms with E-state index >= 15 is 0 Å². The monoisotopic (exact) mass is 399 g/mol. The van der Waals surface area contributed by atoms with Gasteiger partial charge in [0.25, 0.3) is 5.91 Å². The van der Waals surface area contributed by atoms with Gasteiger partial charge in [0.15, 0.2) is 0 Å². The number of para-hydroxylation sites is 2. The number of aryl methyl sites for hydroxylation is 1. The van der Waals surface area contributed by atoms with E-state index in [-0.39, 0.29) is 10.9 Å². The van der Waals surface area contributed by atoms with Gasteiger partial charge >= 0.3 is 0 Å². The number of fused-ring (bicyclic) bond motifs is 1. The molecule has 4 nitrogen and oxygen atoms in total. The number of amides is 1. The fourth-order valence-corrected chi connectivity index (χ4v) is 3.71. The van der Waals surface area contributed by atoms with Gasteiger partial charge in [0.2, 0.25) is 0 Å². The van der Waals surface area contributed by atoms with Crippen LogP contribution < -0.4 is 0 Å². The maximum Gasteiger partial charge on any atom is 0.254 e. The minimum atomic E-state index is -0.517. The van der Waals surface area contributed by atoms with Gasteiger partial charge in [0.1, 0.15) is 11.6 Å². The lowest BCUT2D eigenvalue weighted by molar-refractivity contribution is 0.0728. The minimum absolute atomic E-state index is 0.0320. The first-order valence-electron chi connectivity index (χ1n) is 9.75. The first-order valence-corrected chi connectivity index (χ1v) is 10.1. The molecule has 0 saturated heterocycles. The smallest absolute Gasteiger partial charge is 0.254 e. The van der Waals surface area contributed by atoms with Gasteiger partial charge in [-0.25, -0.2) is 9.37 Å². The van der Waals surface area contributed by atoms with E-state index in [4.69, 9.17) is 16.6 Å². The van der Waals surface area contributed by atoms with Crippen molar-refractivity contribution in [3.05, 3.63) is 64.7 Å². The predicted octanol–water partition coefficient (Wildman–Crippen LogP) is 5.29. The molecule has 4 rings (SSSR count). The summed E-state index contributed by atoms with van der Waals surface area (Å²) in [5.74, 6) is 0.759. The van der Waals surface area contributed by atoms with E-state index in [0.29, 0.717) is 24.6 Å². The molecule has 0 unspecified atom stereocenters. The molecule has 1 saturated carbocycles. The van der Waals surface area contributed by atoms with E-state index in [0.717, 1.165) is 42.7 Å². The molecular formula is C22H23ClFN3O. The van der Waals surface area contributed by atoms with Crippen LogP contribution in [-0.4, -0.2) is 26.9 Å². The van der Waals surface area contributed by atoms with E-state index in [2.05, 4.69) is 17.6 Å². The third-order valence-corrected chi connectivity index (χ3v) is 5.43. The van der Waals surface area contributed by atoms with Crippen LogP contribution in [0.5, 0.6) is 0 Å². The van der Waals surface area contributed by atoms with Gasteiger partial charge in [0, 0.05) is 18.7 Å². The molecule has 2 aromatic carbocycles. The quantitative estimate of drug-likeness (QED) is 0.541. The number of hydrogen-bond acceptors (Lipinski definition) is 2. The van der Waals surface area contributed by atoms with Gasteiger partial charge in [0.05, 0.1) is 22.6 Å². The number of carbonyl (C=O) groups is 1. The third kappa shape index (κ3) is 3.90. The highest BCUT2D eigenvalue weighted by Crippen LogP contribution is 2.31. The molecule has 0 atom stereocenters. The number of aromatic nitrogens is 2. The number of nitrogens with zero attached hydrogens (tertiary/aromatic N) is 3. The summed E-state index contributed by atoms with van der Waals surface area (Å²) >= 11 is 5.90. The molecule has 0 N–H and O–H groups in total. The number of hydrogen-bond donors (Lipinski definition) is 0. The number of rotatable bonds is 7. The van der Waals surface area contributed by atoms with Gasteiger partial charge in [-0.3, -0.25) is 4.79 Å². The van der Waals surface area contributed by atoms with Crippen molar-refractivity contribution in [2.45, 2.75) is 39.3 Å². The van der Waals surface area contributed by atoms with Gasteiger partial charge in [-0.2, -0.15) is 0 Å². The SMILES string of the molecule is CCCn1c(CN(CC2CC2)C(=O)c2ccc(F)c(Cl)c2)nc2ccccc21. The molecule has 0 bridgehead atoms. The van der Waals surface area contributed by atoms with Crippen molar-refractivity contribution in [2.75, 3.05) is 6.54 Å². The minimum Gasteiger partial charge on any atom is -0.331 e. The molecule has 1 aliphatic rings. The average Bonchev–Trinajstić information content (AvgIpc) is 3.45. The van der Waals surface area contributed by atoms with Gasteiger partial charge in [-0.05, 0) is 55.5 Å². The third-order valence-electron chi connectivity index (χ3n) is 5.14. The summed E-state index contributed by atoms with van der Waals surface area (Å²) in [5, 5.41) is -0.0320. The highest BCUT2D eigenvalue weighted by Gasteiger charge is 2.29. The van der Waals surface area contributed by atoms with Crippen LogP contribution in [0.4, 0.5) is 4.39 Å². The normalized spacial score (nSPS) is 13.8. The van der Waals surface area contributed by atoms with E-state index in [1.807, 2.05) is 23.1 Å². The Balaban J connectivity index is 1.66. The maximum atomic E-state index is 13.5. The van der Waals surface area contributed by atoms with Crippen LogP contribution in [-0.2, 0) is 13.1 Å². The number of carbonyl (C=O) groups excluding carboxylic acids is 1. The Morgan fingerprint density at radius 1 is 1.29 bits per heavy atom. The lowest BCUT2D eigenvalue weighted by atomic mass is 10.2. The average molecular weight is 400 g/mol. The van der Waals surface area contributed by atoms with Gasteiger partial charge in [-0.1, -0.05) is 30.7 Å². The van der Waals surface area contributed by atoms with Crippen molar-refractivity contribution in [3.63, 3.8) is 0 Å². The standard InChI is InChI=1S/C22H23ClFN3O/c1-2-11-27-20-6-4-3-5-19(20)25-21(27)14-26(13-15-7-8-15)22(28)16-9-10-18(24)17(23)12-16/h3-6,9-10,12,15H,2,7-8,11,13-14H2,1H3. The van der Waals surface area contributed by atoms with Crippen molar-refractivity contribution in [1.29, 1.82) is 0 Å². The number of imidazole rings is 1. The molecule has 0 radical (unpaired) electrons. The summed E-state index contributed by atoms with van der Waals surface area (Å²) in [4.78, 5) is 19.8. The molecule has 1 fully saturated rings. The molecule has 28 heavy (non-hydrogen) atoms.